The van der Waals surface area contributed by atoms with E-state index >= 15 is 0 Å². The molecule has 7 heteroatoms. The largest absolute Gasteiger partial charge is 0.497 e. The van der Waals surface area contributed by atoms with E-state index in [4.69, 9.17) is 4.74 Å². The van der Waals surface area contributed by atoms with E-state index in [0.717, 1.165) is 11.3 Å². The van der Waals surface area contributed by atoms with Crippen molar-refractivity contribution in [1.29, 1.82) is 0 Å². The zero-order valence-corrected chi connectivity index (χ0v) is 9.62. The molecule has 0 aliphatic heterocycles. The summed E-state index contributed by atoms with van der Waals surface area (Å²) >= 11 is 0. The molecule has 0 bridgehead atoms. The highest BCUT2D eigenvalue weighted by Gasteiger charge is 1.93. The fraction of sp³-hybridized carbons (Fsp3) is 0.0909. The number of hydrogen-bond acceptors (Lipinski definition) is 6. The maximum atomic E-state index is 10.9. The van der Waals surface area contributed by atoms with Crippen LogP contribution in [0.1, 0.15) is 5.56 Å². The molecule has 1 aromatic carbocycles. The molecule has 7 nitrogen and oxygen atoms in total. The summed E-state index contributed by atoms with van der Waals surface area (Å²) in [4.78, 5) is 14.5. The van der Waals surface area contributed by atoms with Crippen molar-refractivity contribution in [3.8, 4) is 5.75 Å². The van der Waals surface area contributed by atoms with E-state index < -0.39 is 5.69 Å². The topological polar surface area (TPSA) is 92.3 Å². The van der Waals surface area contributed by atoms with Crippen molar-refractivity contribution >= 4 is 12.0 Å². The Morgan fingerprint density at radius 2 is 2.17 bits per heavy atom. The molecule has 0 spiro atoms. The summed E-state index contributed by atoms with van der Waals surface area (Å²) in [6.07, 6.45) is 2.97. The molecule has 0 fully saturated rings. The third-order valence-corrected chi connectivity index (χ3v) is 2.08. The number of anilines is 1. The second kappa shape index (κ2) is 5.58. The monoisotopic (exact) mass is 245 g/mol. The lowest BCUT2D eigenvalue weighted by molar-refractivity contribution is 0.415. The van der Waals surface area contributed by atoms with Crippen LogP contribution >= 0.6 is 0 Å². The molecule has 2 N–H and O–H groups in total. The molecule has 0 aliphatic carbocycles. The molecule has 92 valence electrons. The Hall–Kier alpha value is -2.70. The molecule has 1 aromatic heterocycles. The molecule has 2 aromatic rings. The van der Waals surface area contributed by atoms with Gasteiger partial charge in [0.05, 0.1) is 19.5 Å². The normalized spacial score (nSPS) is 10.5. The number of benzene rings is 1. The summed E-state index contributed by atoms with van der Waals surface area (Å²) < 4.78 is 5.04. The fourth-order valence-electron chi connectivity index (χ4n) is 1.23. The van der Waals surface area contributed by atoms with Crippen LogP contribution in [0.25, 0.3) is 0 Å². The summed E-state index contributed by atoms with van der Waals surface area (Å²) in [6, 6.07) is 7.36. The Bertz CT molecular complexity index is 591. The average Bonchev–Trinajstić information content (AvgIpc) is 2.40. The van der Waals surface area contributed by atoms with Crippen molar-refractivity contribution in [2.75, 3.05) is 12.5 Å². The highest BCUT2D eigenvalue weighted by atomic mass is 16.5. The quantitative estimate of drug-likeness (QED) is 0.608. The van der Waals surface area contributed by atoms with Crippen LogP contribution in [0.3, 0.4) is 0 Å². The lowest BCUT2D eigenvalue weighted by Gasteiger charge is -1.99. The van der Waals surface area contributed by atoms with Crippen molar-refractivity contribution < 1.29 is 4.74 Å². The summed E-state index contributed by atoms with van der Waals surface area (Å²) in [7, 11) is 1.61. The van der Waals surface area contributed by atoms with Crippen LogP contribution in [0.5, 0.6) is 5.75 Å². The fourth-order valence-corrected chi connectivity index (χ4v) is 1.23. The predicted molar refractivity (Wildman–Crippen MR) is 66.9 cm³/mol. The molecule has 0 radical (unpaired) electrons. The zero-order valence-electron chi connectivity index (χ0n) is 9.62. The third kappa shape index (κ3) is 3.14. The maximum absolute atomic E-state index is 10.9. The van der Waals surface area contributed by atoms with E-state index in [1.54, 1.807) is 13.3 Å². The molecule has 0 unspecified atom stereocenters. The number of rotatable bonds is 4. The van der Waals surface area contributed by atoms with Gasteiger partial charge in [0.2, 0.25) is 0 Å². The van der Waals surface area contributed by atoms with Gasteiger partial charge in [-0.3, -0.25) is 5.43 Å². The Balaban J connectivity index is 2.00. The van der Waals surface area contributed by atoms with Gasteiger partial charge in [-0.15, -0.1) is 0 Å². The first-order valence-corrected chi connectivity index (χ1v) is 5.13. The van der Waals surface area contributed by atoms with Gasteiger partial charge in [0.15, 0.2) is 5.82 Å². The number of nitrogens with one attached hydrogen (secondary N) is 2. The smallest absolute Gasteiger partial charge is 0.363 e. The number of ether oxygens (including phenoxy) is 1. The van der Waals surface area contributed by atoms with Crippen molar-refractivity contribution in [3.05, 3.63) is 46.5 Å². The Morgan fingerprint density at radius 3 is 2.83 bits per heavy atom. The molecule has 0 amide bonds. The minimum absolute atomic E-state index is 0.281. The minimum Gasteiger partial charge on any atom is -0.497 e. The lowest BCUT2D eigenvalue weighted by Crippen LogP contribution is -2.13. The molecule has 1 heterocycles. The van der Waals surface area contributed by atoms with Crippen LogP contribution in [0.15, 0.2) is 40.4 Å². The van der Waals surface area contributed by atoms with Crippen molar-refractivity contribution in [3.63, 3.8) is 0 Å². The van der Waals surface area contributed by atoms with Crippen LogP contribution in [-0.2, 0) is 0 Å². The van der Waals surface area contributed by atoms with Gasteiger partial charge < -0.3 is 4.74 Å². The third-order valence-electron chi connectivity index (χ3n) is 2.08. The Morgan fingerprint density at radius 1 is 1.39 bits per heavy atom. The zero-order chi connectivity index (χ0) is 12.8. The summed E-state index contributed by atoms with van der Waals surface area (Å²) in [5.41, 5.74) is 2.97. The van der Waals surface area contributed by atoms with Crippen LogP contribution in [0.4, 0.5) is 5.82 Å². The van der Waals surface area contributed by atoms with E-state index in [-0.39, 0.29) is 5.82 Å². The highest BCUT2D eigenvalue weighted by molar-refractivity contribution is 5.80. The SMILES string of the molecule is COc1ccc(/C=N/Nc2cn[nH]c(=O)n2)cc1. The molecular formula is C11H11N5O2. The van der Waals surface area contributed by atoms with Crippen LogP contribution in [-0.4, -0.2) is 28.5 Å². The van der Waals surface area contributed by atoms with E-state index in [0.29, 0.717) is 0 Å². The van der Waals surface area contributed by atoms with E-state index in [9.17, 15) is 4.79 Å². The number of aromatic nitrogens is 3. The molecule has 0 saturated heterocycles. The van der Waals surface area contributed by atoms with Crippen LogP contribution in [0.2, 0.25) is 0 Å². The lowest BCUT2D eigenvalue weighted by atomic mass is 10.2. The summed E-state index contributed by atoms with van der Waals surface area (Å²) in [5.74, 6) is 1.06. The highest BCUT2D eigenvalue weighted by Crippen LogP contribution is 2.09. The molecule has 0 atom stereocenters. The van der Waals surface area contributed by atoms with E-state index in [1.807, 2.05) is 24.3 Å². The Labute approximate surface area is 103 Å². The standard InChI is InChI=1S/C11H11N5O2/c1-18-9-4-2-8(3-5-9)6-12-15-10-7-13-16-11(17)14-10/h2-7H,1H3,(H2,14,15,16,17)/b12-6+. The molecular weight excluding hydrogens is 234 g/mol. The predicted octanol–water partition coefficient (Wildman–Crippen LogP) is 0.619. The number of H-pyrrole nitrogens is 1. The second-order valence-electron chi connectivity index (χ2n) is 3.32. The van der Waals surface area contributed by atoms with Gasteiger partial charge in [0.1, 0.15) is 5.75 Å². The summed E-state index contributed by atoms with van der Waals surface area (Å²) in [6.45, 7) is 0. The van der Waals surface area contributed by atoms with E-state index in [2.05, 4.69) is 25.7 Å². The number of hydrazone groups is 1. The average molecular weight is 245 g/mol. The van der Waals surface area contributed by atoms with Gasteiger partial charge in [0, 0.05) is 0 Å². The number of nitrogens with zero attached hydrogens (tertiary/aromatic N) is 3. The van der Waals surface area contributed by atoms with Crippen molar-refractivity contribution in [2.24, 2.45) is 5.10 Å². The molecule has 18 heavy (non-hydrogen) atoms. The van der Waals surface area contributed by atoms with Gasteiger partial charge in [-0.1, -0.05) is 0 Å². The molecule has 0 saturated carbocycles. The Kier molecular flexibility index (Phi) is 3.65. The van der Waals surface area contributed by atoms with Crippen LogP contribution in [0, 0.1) is 0 Å². The van der Waals surface area contributed by atoms with Crippen molar-refractivity contribution in [1.82, 2.24) is 15.2 Å². The second-order valence-corrected chi connectivity index (χ2v) is 3.32. The van der Waals surface area contributed by atoms with Gasteiger partial charge in [-0.25, -0.2) is 9.89 Å². The maximum Gasteiger partial charge on any atom is 0.363 e. The van der Waals surface area contributed by atoms with Gasteiger partial charge in [-0.2, -0.15) is 15.2 Å². The molecule has 2 rings (SSSR count). The van der Waals surface area contributed by atoms with Crippen molar-refractivity contribution in [2.45, 2.75) is 0 Å². The van der Waals surface area contributed by atoms with Gasteiger partial charge in [-0.05, 0) is 29.8 Å². The van der Waals surface area contributed by atoms with E-state index in [1.165, 1.54) is 6.20 Å². The van der Waals surface area contributed by atoms with Gasteiger partial charge in [0.25, 0.3) is 0 Å². The van der Waals surface area contributed by atoms with Gasteiger partial charge >= 0.3 is 5.69 Å². The first-order chi connectivity index (χ1) is 8.78. The van der Waals surface area contributed by atoms with Crippen LogP contribution < -0.4 is 15.9 Å². The first kappa shape index (κ1) is 11.8. The number of aromatic amines is 1. The number of hydrogen-bond donors (Lipinski definition) is 2. The summed E-state index contributed by atoms with van der Waals surface area (Å²) in [5, 5.41) is 9.69. The minimum atomic E-state index is -0.528. The molecule has 0 aliphatic rings. The number of methoxy groups -OCH3 is 1. The first-order valence-electron chi connectivity index (χ1n) is 5.13.